The lowest BCUT2D eigenvalue weighted by Crippen LogP contribution is -2.32. The first-order chi connectivity index (χ1) is 19.2. The molecule has 6 rings (SSSR count). The molecule has 10 nitrogen and oxygen atoms in total. The van der Waals surface area contributed by atoms with Crippen molar-refractivity contribution in [2.45, 2.75) is 32.7 Å². The first kappa shape index (κ1) is 26.6. The molecule has 3 aromatic heterocycles. The topological polar surface area (TPSA) is 118 Å². The van der Waals surface area contributed by atoms with Crippen LogP contribution in [0.5, 0.6) is 0 Å². The highest BCUT2D eigenvalue weighted by Gasteiger charge is 2.58. The van der Waals surface area contributed by atoms with Gasteiger partial charge in [-0.15, -0.1) is 0 Å². The molecule has 1 aromatic carbocycles. The van der Waals surface area contributed by atoms with Crippen molar-refractivity contribution in [1.82, 2.24) is 24.2 Å². The van der Waals surface area contributed by atoms with E-state index in [0.717, 1.165) is 30.0 Å². The van der Waals surface area contributed by atoms with E-state index in [4.69, 9.17) is 21.0 Å². The maximum absolute atomic E-state index is 13.6. The lowest BCUT2D eigenvalue weighted by molar-refractivity contribution is 0.0980. The molecule has 1 amide bonds. The molecule has 0 radical (unpaired) electrons. The number of anilines is 2. The Morgan fingerprint density at radius 2 is 1.95 bits per heavy atom. The van der Waals surface area contributed by atoms with Crippen LogP contribution in [0.25, 0.3) is 10.9 Å². The highest BCUT2D eigenvalue weighted by atomic mass is 35.5. The number of piperidine rings is 1. The van der Waals surface area contributed by atoms with Crippen molar-refractivity contribution in [3.63, 3.8) is 0 Å². The average molecular weight is 580 g/mol. The number of nitrogens with zero attached hydrogens (tertiary/aromatic N) is 5. The number of hydrogen-bond acceptors (Lipinski definition) is 9. The lowest BCUT2D eigenvalue weighted by Gasteiger charge is -2.25. The first-order valence-corrected chi connectivity index (χ1v) is 14.7. The molecule has 4 heterocycles. The number of rotatable bonds is 7. The second kappa shape index (κ2) is 10.1. The summed E-state index contributed by atoms with van der Waals surface area (Å²) in [5.41, 5.74) is 3.10. The van der Waals surface area contributed by atoms with E-state index in [1.165, 1.54) is 11.9 Å². The van der Waals surface area contributed by atoms with Crippen LogP contribution >= 0.6 is 23.5 Å². The number of fused-ring (bicyclic) bond motifs is 2. The van der Waals surface area contributed by atoms with Gasteiger partial charge in [0.1, 0.15) is 10.9 Å². The van der Waals surface area contributed by atoms with E-state index >= 15 is 0 Å². The van der Waals surface area contributed by atoms with Crippen molar-refractivity contribution >= 4 is 52.0 Å². The fraction of sp³-hybridized carbons (Fsp3) is 0.393. The highest BCUT2D eigenvalue weighted by Crippen LogP contribution is 2.58. The summed E-state index contributed by atoms with van der Waals surface area (Å²) in [6.07, 6.45) is 3.60. The van der Waals surface area contributed by atoms with Gasteiger partial charge in [-0.25, -0.2) is 15.0 Å². The summed E-state index contributed by atoms with van der Waals surface area (Å²) in [6.45, 7) is 7.41. The Bertz CT molecular complexity index is 1690. The van der Waals surface area contributed by atoms with Crippen LogP contribution in [0.4, 0.5) is 11.6 Å². The average Bonchev–Trinajstić information content (AvgIpc) is 3.21. The number of carbonyl (C=O) groups is 1. The standard InChI is InChI=1S/C28H30ClN7O3S/c1-13-8-16(14(2)31-20-6-7-22(29)32-25(20)26(37)34-40-5)24-17(9-13)27(38)35(4)28(33-24)36-11-18-19(12-36)23(18)21-10-30-15(3)39-21/h6-10,14,18-19,23,31H,11-12H2,1-5H3,(H,34,37). The first-order valence-electron chi connectivity index (χ1n) is 13.1. The van der Waals surface area contributed by atoms with Gasteiger partial charge in [0.05, 0.1) is 28.8 Å². The predicted octanol–water partition coefficient (Wildman–Crippen LogP) is 4.62. The smallest absolute Gasteiger partial charge is 0.281 e. The van der Waals surface area contributed by atoms with Crippen LogP contribution in [0.1, 0.15) is 52.1 Å². The molecular weight excluding hydrogens is 550 g/mol. The Morgan fingerprint density at radius 3 is 2.62 bits per heavy atom. The number of benzene rings is 1. The zero-order chi connectivity index (χ0) is 28.3. The monoisotopic (exact) mass is 579 g/mol. The summed E-state index contributed by atoms with van der Waals surface area (Å²) in [4.78, 5) is 42.0. The van der Waals surface area contributed by atoms with Gasteiger partial charge in [-0.1, -0.05) is 29.6 Å². The molecule has 0 bridgehead atoms. The van der Waals surface area contributed by atoms with Crippen LogP contribution in [0.3, 0.4) is 0 Å². The third-order valence-electron chi connectivity index (χ3n) is 7.88. The van der Waals surface area contributed by atoms with Crippen LogP contribution in [0.15, 0.2) is 39.7 Å². The molecule has 3 unspecified atom stereocenters. The van der Waals surface area contributed by atoms with E-state index in [2.05, 4.69) is 24.9 Å². The lowest BCUT2D eigenvalue weighted by atomic mass is 10.0. The fourth-order valence-electron chi connectivity index (χ4n) is 5.97. The summed E-state index contributed by atoms with van der Waals surface area (Å²) in [5.74, 6) is 3.24. The third kappa shape index (κ3) is 4.60. The molecule has 1 saturated carbocycles. The molecule has 1 aliphatic carbocycles. The number of nitrogens with one attached hydrogen (secondary N) is 2. The van der Waals surface area contributed by atoms with Gasteiger partial charge < -0.3 is 14.6 Å². The summed E-state index contributed by atoms with van der Waals surface area (Å²) >= 11 is 7.29. The zero-order valence-electron chi connectivity index (χ0n) is 22.9. The van der Waals surface area contributed by atoms with Crippen molar-refractivity contribution in [2.24, 2.45) is 18.9 Å². The minimum atomic E-state index is -0.348. The van der Waals surface area contributed by atoms with Crippen LogP contribution < -0.4 is 20.5 Å². The van der Waals surface area contributed by atoms with Gasteiger partial charge >= 0.3 is 0 Å². The van der Waals surface area contributed by atoms with E-state index in [1.807, 2.05) is 39.1 Å². The molecule has 2 fully saturated rings. The van der Waals surface area contributed by atoms with E-state index in [-0.39, 0.29) is 28.4 Å². The second-order valence-electron chi connectivity index (χ2n) is 10.6. The Hall–Kier alpha value is -3.57. The van der Waals surface area contributed by atoms with Crippen molar-refractivity contribution in [1.29, 1.82) is 0 Å². The molecule has 1 saturated heterocycles. The quantitative estimate of drug-likeness (QED) is 0.239. The number of aryl methyl sites for hydroxylation is 2. The molecule has 4 aromatic rings. The SMILES string of the molecule is CSNC(=O)c1nc(Cl)ccc1NC(C)c1cc(C)cc2c(=O)n(C)c(N3CC4C(C3)C4c3cnc(C)o3)nc12. The summed E-state index contributed by atoms with van der Waals surface area (Å²) in [5, 5.41) is 4.19. The molecule has 40 heavy (non-hydrogen) atoms. The van der Waals surface area contributed by atoms with Crippen molar-refractivity contribution in [3.8, 4) is 0 Å². The van der Waals surface area contributed by atoms with E-state index in [0.29, 0.717) is 46.2 Å². The van der Waals surface area contributed by atoms with Crippen LogP contribution in [0, 0.1) is 25.7 Å². The van der Waals surface area contributed by atoms with Gasteiger partial charge in [-0.3, -0.25) is 18.9 Å². The normalized spacial score (nSPS) is 20.4. The number of halogens is 1. The van der Waals surface area contributed by atoms with Crippen LogP contribution in [-0.4, -0.2) is 44.8 Å². The van der Waals surface area contributed by atoms with Gasteiger partial charge in [0.15, 0.2) is 11.6 Å². The van der Waals surface area contributed by atoms with E-state index in [9.17, 15) is 9.59 Å². The zero-order valence-corrected chi connectivity index (χ0v) is 24.4. The predicted molar refractivity (Wildman–Crippen MR) is 157 cm³/mol. The number of hydrogen-bond donors (Lipinski definition) is 2. The maximum atomic E-state index is 13.6. The largest absolute Gasteiger partial charge is 0.446 e. The van der Waals surface area contributed by atoms with Crippen molar-refractivity contribution in [3.05, 3.63) is 74.4 Å². The van der Waals surface area contributed by atoms with Crippen LogP contribution in [-0.2, 0) is 7.05 Å². The van der Waals surface area contributed by atoms with Gasteiger partial charge in [-0.2, -0.15) is 0 Å². The third-order valence-corrected chi connectivity index (χ3v) is 8.48. The molecule has 2 N–H and O–H groups in total. The van der Waals surface area contributed by atoms with Gasteiger partial charge in [0, 0.05) is 44.8 Å². The van der Waals surface area contributed by atoms with Gasteiger partial charge in [0.2, 0.25) is 5.95 Å². The molecule has 208 valence electrons. The fourth-order valence-corrected chi connectivity index (χ4v) is 6.40. The molecule has 0 spiro atoms. The van der Waals surface area contributed by atoms with E-state index in [1.54, 1.807) is 30.0 Å². The minimum Gasteiger partial charge on any atom is -0.446 e. The van der Waals surface area contributed by atoms with Gasteiger partial charge in [0.25, 0.3) is 11.5 Å². The number of carbonyl (C=O) groups excluding carboxylic acids is 1. The molecule has 12 heteroatoms. The Morgan fingerprint density at radius 1 is 1.20 bits per heavy atom. The summed E-state index contributed by atoms with van der Waals surface area (Å²) in [6, 6.07) is 7.00. The molecule has 1 aliphatic heterocycles. The highest BCUT2D eigenvalue weighted by molar-refractivity contribution is 7.97. The molecular formula is C28H30ClN7O3S. The number of oxazole rings is 1. The molecule has 3 atom stereocenters. The summed E-state index contributed by atoms with van der Waals surface area (Å²) in [7, 11) is 1.78. The van der Waals surface area contributed by atoms with Crippen LogP contribution in [0.2, 0.25) is 5.15 Å². The summed E-state index contributed by atoms with van der Waals surface area (Å²) < 4.78 is 10.1. The Balaban J connectivity index is 1.33. The maximum Gasteiger partial charge on any atom is 0.281 e. The molecule has 2 aliphatic rings. The Labute approximate surface area is 240 Å². The van der Waals surface area contributed by atoms with E-state index < -0.39 is 0 Å². The van der Waals surface area contributed by atoms with Gasteiger partial charge in [-0.05, 0) is 49.4 Å². The number of aromatic nitrogens is 4. The van der Waals surface area contributed by atoms with Crippen molar-refractivity contribution < 1.29 is 9.21 Å². The second-order valence-corrected chi connectivity index (χ2v) is 11.6. The van der Waals surface area contributed by atoms with Crippen molar-refractivity contribution in [2.75, 3.05) is 29.6 Å². The number of pyridine rings is 1. The Kier molecular flexibility index (Phi) is 6.74. The minimum absolute atomic E-state index is 0.0895. The number of amides is 1.